The molecule has 1 aliphatic carbocycles. The van der Waals surface area contributed by atoms with Crippen molar-refractivity contribution >= 4 is 11.9 Å². The first-order valence-corrected chi connectivity index (χ1v) is 10.2. The molecule has 27 heavy (non-hydrogen) atoms. The minimum absolute atomic E-state index is 0.0261. The Hall–Kier alpha value is -2.08. The summed E-state index contributed by atoms with van der Waals surface area (Å²) in [4.78, 5) is 28.8. The van der Waals surface area contributed by atoms with Crippen molar-refractivity contribution in [2.75, 3.05) is 32.8 Å². The molecule has 3 aliphatic rings. The van der Waals surface area contributed by atoms with Crippen molar-refractivity contribution in [1.82, 2.24) is 15.1 Å². The van der Waals surface area contributed by atoms with Gasteiger partial charge in [0.25, 0.3) is 5.91 Å². The fourth-order valence-corrected chi connectivity index (χ4v) is 4.50. The van der Waals surface area contributed by atoms with Crippen molar-refractivity contribution in [3.05, 3.63) is 35.4 Å². The molecule has 6 nitrogen and oxygen atoms in total. The van der Waals surface area contributed by atoms with E-state index in [0.717, 1.165) is 49.9 Å². The van der Waals surface area contributed by atoms with E-state index in [2.05, 4.69) is 5.32 Å². The highest BCUT2D eigenvalue weighted by Crippen LogP contribution is 2.35. The van der Waals surface area contributed by atoms with Crippen molar-refractivity contribution in [2.24, 2.45) is 0 Å². The third-order valence-corrected chi connectivity index (χ3v) is 6.09. The maximum atomic E-state index is 12.6. The molecular weight excluding hydrogens is 342 g/mol. The summed E-state index contributed by atoms with van der Waals surface area (Å²) in [6.45, 7) is 4.16. The van der Waals surface area contributed by atoms with Crippen LogP contribution < -0.4 is 5.32 Å². The second-order valence-electron chi connectivity index (χ2n) is 8.02. The number of nitrogens with one attached hydrogen (secondary N) is 1. The van der Waals surface area contributed by atoms with E-state index < -0.39 is 0 Å². The van der Waals surface area contributed by atoms with Crippen molar-refractivity contribution in [3.63, 3.8) is 0 Å². The van der Waals surface area contributed by atoms with Gasteiger partial charge in [-0.3, -0.25) is 4.79 Å². The molecular formula is C21H29N3O3. The van der Waals surface area contributed by atoms with Crippen LogP contribution in [-0.2, 0) is 11.3 Å². The Morgan fingerprint density at radius 3 is 2.37 bits per heavy atom. The van der Waals surface area contributed by atoms with Crippen LogP contribution in [0.5, 0.6) is 0 Å². The third-order valence-electron chi connectivity index (χ3n) is 6.09. The van der Waals surface area contributed by atoms with Gasteiger partial charge in [0, 0.05) is 31.7 Å². The largest absolute Gasteiger partial charge is 0.371 e. The molecule has 1 saturated carbocycles. The van der Waals surface area contributed by atoms with Gasteiger partial charge >= 0.3 is 6.03 Å². The zero-order valence-electron chi connectivity index (χ0n) is 15.9. The molecule has 3 fully saturated rings. The van der Waals surface area contributed by atoms with Crippen LogP contribution in [-0.4, -0.2) is 60.1 Å². The molecule has 1 spiro atoms. The first-order valence-electron chi connectivity index (χ1n) is 10.2. The number of hydrogen-bond donors (Lipinski definition) is 1. The van der Waals surface area contributed by atoms with Crippen molar-refractivity contribution in [1.29, 1.82) is 0 Å². The molecule has 4 rings (SSSR count). The zero-order chi connectivity index (χ0) is 18.7. The predicted molar refractivity (Wildman–Crippen MR) is 103 cm³/mol. The van der Waals surface area contributed by atoms with Gasteiger partial charge in [0.1, 0.15) is 0 Å². The fraction of sp³-hybridized carbons (Fsp3) is 0.619. The maximum Gasteiger partial charge on any atom is 0.317 e. The topological polar surface area (TPSA) is 61.9 Å². The highest BCUT2D eigenvalue weighted by Gasteiger charge is 2.40. The van der Waals surface area contributed by atoms with Crippen LogP contribution in [0, 0.1) is 0 Å². The average Bonchev–Trinajstić information content (AvgIpc) is 3.39. The number of hydrogen-bond acceptors (Lipinski definition) is 3. The van der Waals surface area contributed by atoms with Gasteiger partial charge in [0.05, 0.1) is 18.8 Å². The zero-order valence-corrected chi connectivity index (χ0v) is 15.9. The minimum Gasteiger partial charge on any atom is -0.371 e. The van der Waals surface area contributed by atoms with Crippen LogP contribution in [0.2, 0.25) is 0 Å². The number of benzene rings is 1. The van der Waals surface area contributed by atoms with E-state index in [1.807, 2.05) is 34.1 Å². The van der Waals surface area contributed by atoms with Gasteiger partial charge < -0.3 is 19.9 Å². The lowest BCUT2D eigenvalue weighted by Crippen LogP contribution is -2.54. The van der Waals surface area contributed by atoms with E-state index in [-0.39, 0.29) is 17.5 Å². The summed E-state index contributed by atoms with van der Waals surface area (Å²) in [5, 5.41) is 3.01. The lowest BCUT2D eigenvalue weighted by molar-refractivity contribution is -0.0925. The summed E-state index contributed by atoms with van der Waals surface area (Å²) in [5.41, 5.74) is 1.63. The molecule has 0 bridgehead atoms. The number of nitrogens with zero attached hydrogens (tertiary/aromatic N) is 2. The van der Waals surface area contributed by atoms with Crippen molar-refractivity contribution in [3.8, 4) is 0 Å². The number of carbonyl (C=O) groups is 2. The predicted octanol–water partition coefficient (Wildman–Crippen LogP) is 2.78. The van der Waals surface area contributed by atoms with Gasteiger partial charge in [-0.1, -0.05) is 25.0 Å². The van der Waals surface area contributed by atoms with Gasteiger partial charge in [-0.15, -0.1) is 0 Å². The van der Waals surface area contributed by atoms with Gasteiger partial charge in [0.2, 0.25) is 0 Å². The van der Waals surface area contributed by atoms with E-state index in [4.69, 9.17) is 4.74 Å². The number of carbonyl (C=O) groups excluding carboxylic acids is 2. The Bertz CT molecular complexity index is 676. The van der Waals surface area contributed by atoms with Crippen LogP contribution in [0.3, 0.4) is 0 Å². The lowest BCUT2D eigenvalue weighted by atomic mass is 10.00. The maximum absolute atomic E-state index is 12.6. The van der Waals surface area contributed by atoms with Gasteiger partial charge in [0.15, 0.2) is 0 Å². The summed E-state index contributed by atoms with van der Waals surface area (Å²) in [5.74, 6) is 0.110. The standard InChI is InChI=1S/C21H29N3O3/c25-19(23-11-3-4-12-23)18-7-5-17(6-8-18)15-22-20(26)24-13-14-27-21(16-24)9-1-2-10-21/h5-8H,1-4,9-16H2,(H,22,26). The van der Waals surface area contributed by atoms with E-state index in [9.17, 15) is 9.59 Å². The summed E-state index contributed by atoms with van der Waals surface area (Å²) in [6.07, 6.45) is 6.69. The smallest absolute Gasteiger partial charge is 0.317 e. The molecule has 0 unspecified atom stereocenters. The first-order chi connectivity index (χ1) is 13.2. The first kappa shape index (κ1) is 18.3. The van der Waals surface area contributed by atoms with E-state index in [1.165, 1.54) is 12.8 Å². The van der Waals surface area contributed by atoms with Crippen LogP contribution >= 0.6 is 0 Å². The molecule has 2 aliphatic heterocycles. The summed E-state index contributed by atoms with van der Waals surface area (Å²) in [7, 11) is 0. The van der Waals surface area contributed by atoms with Crippen LogP contribution in [0.1, 0.15) is 54.4 Å². The van der Waals surface area contributed by atoms with Crippen LogP contribution in [0.4, 0.5) is 4.79 Å². The Morgan fingerprint density at radius 1 is 0.963 bits per heavy atom. The second kappa shape index (κ2) is 7.89. The van der Waals surface area contributed by atoms with Gasteiger partial charge in [-0.05, 0) is 43.4 Å². The number of morpholine rings is 1. The Balaban J connectivity index is 1.29. The molecule has 1 aromatic rings. The molecule has 3 amide bonds. The Labute approximate surface area is 160 Å². The molecule has 0 radical (unpaired) electrons. The van der Waals surface area contributed by atoms with Gasteiger partial charge in [-0.2, -0.15) is 0 Å². The van der Waals surface area contributed by atoms with Crippen LogP contribution in [0.25, 0.3) is 0 Å². The molecule has 146 valence electrons. The molecule has 0 atom stereocenters. The second-order valence-corrected chi connectivity index (χ2v) is 8.02. The number of ether oxygens (including phenoxy) is 1. The van der Waals surface area contributed by atoms with Gasteiger partial charge in [-0.25, -0.2) is 4.79 Å². The summed E-state index contributed by atoms with van der Waals surface area (Å²) in [6, 6.07) is 7.57. The lowest BCUT2D eigenvalue weighted by Gasteiger charge is -2.40. The number of urea groups is 1. The highest BCUT2D eigenvalue weighted by atomic mass is 16.5. The molecule has 2 heterocycles. The van der Waals surface area contributed by atoms with Crippen molar-refractivity contribution < 1.29 is 14.3 Å². The fourth-order valence-electron chi connectivity index (χ4n) is 4.50. The summed E-state index contributed by atoms with van der Waals surface area (Å²) >= 11 is 0. The van der Waals surface area contributed by atoms with E-state index in [1.54, 1.807) is 0 Å². The SMILES string of the molecule is O=C(NCc1ccc(C(=O)N2CCCC2)cc1)N1CCOC2(CCCC2)C1. The van der Waals surface area contributed by atoms with Crippen molar-refractivity contribution in [2.45, 2.75) is 50.7 Å². The minimum atomic E-state index is -0.104. The molecule has 1 N–H and O–H groups in total. The molecule has 1 aromatic carbocycles. The Morgan fingerprint density at radius 2 is 1.67 bits per heavy atom. The van der Waals surface area contributed by atoms with Crippen LogP contribution in [0.15, 0.2) is 24.3 Å². The monoisotopic (exact) mass is 371 g/mol. The molecule has 0 aromatic heterocycles. The number of amides is 3. The third kappa shape index (κ3) is 4.10. The van der Waals surface area contributed by atoms with E-state index in [0.29, 0.717) is 26.2 Å². The average molecular weight is 371 g/mol. The molecule has 2 saturated heterocycles. The Kier molecular flexibility index (Phi) is 5.34. The number of likely N-dealkylation sites (tertiary alicyclic amines) is 1. The summed E-state index contributed by atoms with van der Waals surface area (Å²) < 4.78 is 5.99. The normalized spacial score (nSPS) is 21.6. The highest BCUT2D eigenvalue weighted by molar-refractivity contribution is 5.94. The van der Waals surface area contributed by atoms with E-state index >= 15 is 0 Å². The quantitative estimate of drug-likeness (QED) is 0.889. The molecule has 6 heteroatoms. The number of rotatable bonds is 3.